The molecule has 2 aliphatic rings. The third-order valence-corrected chi connectivity index (χ3v) is 5.08. The zero-order valence-corrected chi connectivity index (χ0v) is 14.6. The molecule has 0 atom stereocenters. The number of hydrogen-bond donors (Lipinski definition) is 1. The van der Waals surface area contributed by atoms with Crippen molar-refractivity contribution in [1.29, 1.82) is 0 Å². The Bertz CT molecular complexity index is 597. The number of alkyl halides is 1. The van der Waals surface area contributed by atoms with Gasteiger partial charge in [0.1, 0.15) is 6.67 Å². The van der Waals surface area contributed by atoms with Gasteiger partial charge in [0.15, 0.2) is 0 Å². The van der Waals surface area contributed by atoms with Crippen LogP contribution in [0.15, 0.2) is 18.2 Å². The number of ether oxygens (including phenoxy) is 1. The highest BCUT2D eigenvalue weighted by molar-refractivity contribution is 5.91. The highest BCUT2D eigenvalue weighted by Crippen LogP contribution is 2.47. The molecule has 1 amide bonds. The van der Waals surface area contributed by atoms with Crippen molar-refractivity contribution in [3.05, 3.63) is 23.8 Å². The summed E-state index contributed by atoms with van der Waals surface area (Å²) in [6, 6.07) is 6.05. The highest BCUT2D eigenvalue weighted by atomic mass is 19.1. The average Bonchev–Trinajstić information content (AvgIpc) is 2.81. The summed E-state index contributed by atoms with van der Waals surface area (Å²) in [4.78, 5) is 14.2. The number of halogens is 1. The Morgan fingerprint density at radius 3 is 2.79 bits per heavy atom. The number of benzene rings is 1. The number of carbonyl (C=O) groups excluding carboxylic acids is 1. The van der Waals surface area contributed by atoms with Gasteiger partial charge in [-0.1, -0.05) is 13.8 Å². The fourth-order valence-corrected chi connectivity index (χ4v) is 3.92. The van der Waals surface area contributed by atoms with E-state index >= 15 is 0 Å². The summed E-state index contributed by atoms with van der Waals surface area (Å²) in [6.45, 7) is 6.48. The number of nitrogens with one attached hydrogen (secondary N) is 1. The average molecular weight is 334 g/mol. The molecule has 1 N–H and O–H groups in total. The van der Waals surface area contributed by atoms with Crippen LogP contribution in [0.25, 0.3) is 0 Å². The van der Waals surface area contributed by atoms with E-state index in [1.54, 1.807) is 0 Å². The fourth-order valence-electron chi connectivity index (χ4n) is 3.92. The van der Waals surface area contributed by atoms with Crippen LogP contribution in [0, 0.1) is 5.92 Å². The highest BCUT2D eigenvalue weighted by Gasteiger charge is 2.43. The lowest BCUT2D eigenvalue weighted by Gasteiger charge is -2.34. The second kappa shape index (κ2) is 7.09. The fraction of sp³-hybridized carbons (Fsp3) is 0.632. The molecule has 5 heteroatoms. The maximum absolute atomic E-state index is 12.9. The molecular weight excluding hydrogens is 307 g/mol. The molecule has 2 aliphatic heterocycles. The van der Waals surface area contributed by atoms with Gasteiger partial charge in [-0.3, -0.25) is 4.79 Å². The molecule has 1 fully saturated rings. The number of amides is 1. The summed E-state index contributed by atoms with van der Waals surface area (Å²) in [6.07, 6.45) is 2.42. The number of fused-ring (bicyclic) bond motifs is 2. The SMILES string of the molecule is CC(C)CC(=O)Nc1ccc2c(c1)C1(CCOCC1)CN2CCF. The summed E-state index contributed by atoms with van der Waals surface area (Å²) in [7, 11) is 0. The third-order valence-electron chi connectivity index (χ3n) is 5.08. The minimum atomic E-state index is -0.348. The predicted octanol–water partition coefficient (Wildman–Crippen LogP) is 3.51. The molecule has 4 nitrogen and oxygen atoms in total. The molecule has 1 aromatic carbocycles. The van der Waals surface area contributed by atoms with E-state index in [0.717, 1.165) is 44.0 Å². The van der Waals surface area contributed by atoms with Crippen LogP contribution in [0.4, 0.5) is 15.8 Å². The van der Waals surface area contributed by atoms with Crippen molar-refractivity contribution >= 4 is 17.3 Å². The Kier molecular flexibility index (Phi) is 5.09. The van der Waals surface area contributed by atoms with Crippen LogP contribution >= 0.6 is 0 Å². The number of rotatable bonds is 5. The van der Waals surface area contributed by atoms with E-state index in [0.29, 0.717) is 18.9 Å². The van der Waals surface area contributed by atoms with Crippen molar-refractivity contribution in [2.75, 3.05) is 43.2 Å². The van der Waals surface area contributed by atoms with Crippen molar-refractivity contribution in [2.45, 2.75) is 38.5 Å². The van der Waals surface area contributed by atoms with E-state index in [1.807, 2.05) is 26.0 Å². The lowest BCUT2D eigenvalue weighted by atomic mass is 9.76. The predicted molar refractivity (Wildman–Crippen MR) is 94.4 cm³/mol. The van der Waals surface area contributed by atoms with Crippen molar-refractivity contribution in [2.24, 2.45) is 5.92 Å². The van der Waals surface area contributed by atoms with Crippen molar-refractivity contribution in [3.63, 3.8) is 0 Å². The zero-order chi connectivity index (χ0) is 17.2. The van der Waals surface area contributed by atoms with Crippen LogP contribution in [0.2, 0.25) is 0 Å². The van der Waals surface area contributed by atoms with Crippen LogP contribution in [-0.4, -0.2) is 38.9 Å². The maximum atomic E-state index is 12.9. The molecule has 0 aromatic heterocycles. The van der Waals surface area contributed by atoms with Crippen LogP contribution in [0.3, 0.4) is 0 Å². The molecule has 1 spiro atoms. The normalized spacial score (nSPS) is 18.9. The molecule has 24 heavy (non-hydrogen) atoms. The van der Waals surface area contributed by atoms with Gasteiger partial charge in [-0.05, 0) is 42.5 Å². The molecule has 132 valence electrons. The van der Waals surface area contributed by atoms with E-state index in [2.05, 4.69) is 16.3 Å². The molecule has 0 bridgehead atoms. The minimum Gasteiger partial charge on any atom is -0.381 e. The third kappa shape index (κ3) is 3.41. The van der Waals surface area contributed by atoms with Gasteiger partial charge in [0.25, 0.3) is 0 Å². The molecule has 0 radical (unpaired) electrons. The van der Waals surface area contributed by atoms with Crippen molar-refractivity contribution in [1.82, 2.24) is 0 Å². The molecular formula is C19H27FN2O2. The topological polar surface area (TPSA) is 41.6 Å². The molecule has 0 unspecified atom stereocenters. The standard InChI is InChI=1S/C19H27FN2O2/c1-14(2)11-18(23)21-15-3-4-17-16(12-15)19(5-9-24-10-6-19)13-22(17)8-7-20/h3-4,12,14H,5-11,13H2,1-2H3,(H,21,23). The van der Waals surface area contributed by atoms with Gasteiger partial charge < -0.3 is 15.0 Å². The van der Waals surface area contributed by atoms with Crippen LogP contribution < -0.4 is 10.2 Å². The molecule has 2 heterocycles. The van der Waals surface area contributed by atoms with Gasteiger partial charge in [0.05, 0.1) is 0 Å². The second-order valence-electron chi connectivity index (χ2n) is 7.38. The molecule has 1 saturated heterocycles. The number of anilines is 2. The zero-order valence-electron chi connectivity index (χ0n) is 14.6. The van der Waals surface area contributed by atoms with Crippen molar-refractivity contribution in [3.8, 4) is 0 Å². The van der Waals surface area contributed by atoms with E-state index < -0.39 is 0 Å². The first-order valence-corrected chi connectivity index (χ1v) is 8.87. The summed E-state index contributed by atoms with van der Waals surface area (Å²) < 4.78 is 18.5. The second-order valence-corrected chi connectivity index (χ2v) is 7.38. The van der Waals surface area contributed by atoms with E-state index in [4.69, 9.17) is 4.74 Å². The van der Waals surface area contributed by atoms with Gasteiger partial charge in [0.2, 0.25) is 5.91 Å². The number of carbonyl (C=O) groups is 1. The summed E-state index contributed by atoms with van der Waals surface area (Å²) in [5.41, 5.74) is 3.21. The largest absolute Gasteiger partial charge is 0.381 e. The van der Waals surface area contributed by atoms with E-state index in [-0.39, 0.29) is 18.0 Å². The van der Waals surface area contributed by atoms with Crippen LogP contribution in [0.1, 0.15) is 38.7 Å². The Balaban J connectivity index is 1.87. The van der Waals surface area contributed by atoms with Crippen LogP contribution in [0.5, 0.6) is 0 Å². The first-order valence-electron chi connectivity index (χ1n) is 8.87. The van der Waals surface area contributed by atoms with Gasteiger partial charge in [-0.25, -0.2) is 4.39 Å². The first-order chi connectivity index (χ1) is 11.5. The Labute approximate surface area is 143 Å². The Hall–Kier alpha value is -1.62. The van der Waals surface area contributed by atoms with Gasteiger partial charge in [-0.2, -0.15) is 0 Å². The molecule has 0 saturated carbocycles. The monoisotopic (exact) mass is 334 g/mol. The Morgan fingerprint density at radius 2 is 2.12 bits per heavy atom. The van der Waals surface area contributed by atoms with Crippen molar-refractivity contribution < 1.29 is 13.9 Å². The number of hydrogen-bond acceptors (Lipinski definition) is 3. The maximum Gasteiger partial charge on any atom is 0.224 e. The smallest absolute Gasteiger partial charge is 0.224 e. The molecule has 1 aromatic rings. The summed E-state index contributed by atoms with van der Waals surface area (Å²) in [5.74, 6) is 0.380. The van der Waals surface area contributed by atoms with Gasteiger partial charge in [0, 0.05) is 49.5 Å². The van der Waals surface area contributed by atoms with Gasteiger partial charge in [-0.15, -0.1) is 0 Å². The van der Waals surface area contributed by atoms with Crippen LogP contribution in [-0.2, 0) is 14.9 Å². The summed E-state index contributed by atoms with van der Waals surface area (Å²) in [5, 5.41) is 3.01. The first kappa shape index (κ1) is 17.2. The lowest BCUT2D eigenvalue weighted by Crippen LogP contribution is -2.39. The summed E-state index contributed by atoms with van der Waals surface area (Å²) >= 11 is 0. The van der Waals surface area contributed by atoms with Gasteiger partial charge >= 0.3 is 0 Å². The lowest BCUT2D eigenvalue weighted by molar-refractivity contribution is -0.116. The number of nitrogens with zero attached hydrogens (tertiary/aromatic N) is 1. The Morgan fingerprint density at radius 1 is 1.38 bits per heavy atom. The molecule has 3 rings (SSSR count). The minimum absolute atomic E-state index is 0.0293. The molecule has 0 aliphatic carbocycles. The quantitative estimate of drug-likeness (QED) is 0.896. The van der Waals surface area contributed by atoms with E-state index in [1.165, 1.54) is 5.56 Å². The van der Waals surface area contributed by atoms with E-state index in [9.17, 15) is 9.18 Å².